The molecular formula is C32H26F2O5S2. The lowest BCUT2D eigenvalue weighted by Gasteiger charge is -2.39. The van der Waals surface area contributed by atoms with E-state index in [0.717, 1.165) is 16.3 Å². The zero-order valence-corrected chi connectivity index (χ0v) is 23.4. The molecule has 210 valence electrons. The lowest BCUT2D eigenvalue weighted by atomic mass is 10.0. The predicted octanol–water partition coefficient (Wildman–Crippen LogP) is 7.76. The zero-order valence-electron chi connectivity index (χ0n) is 21.7. The number of fused-ring (bicyclic) bond motifs is 1. The van der Waals surface area contributed by atoms with Crippen LogP contribution in [0.2, 0.25) is 0 Å². The third kappa shape index (κ3) is 5.61. The van der Waals surface area contributed by atoms with Crippen LogP contribution >= 0.6 is 10.3 Å². The second-order valence-corrected chi connectivity index (χ2v) is 13.6. The number of rotatable bonds is 10. The summed E-state index contributed by atoms with van der Waals surface area (Å²) in [4.78, 5) is 13.7. The van der Waals surface area contributed by atoms with Gasteiger partial charge in [-0.15, -0.1) is 0 Å². The van der Waals surface area contributed by atoms with Gasteiger partial charge in [-0.3, -0.25) is 0 Å². The zero-order chi connectivity index (χ0) is 28.9. The maximum Gasteiger partial charge on any atom is 0.466 e. The summed E-state index contributed by atoms with van der Waals surface area (Å²) in [5, 5.41) is -3.14. The van der Waals surface area contributed by atoms with Crippen molar-refractivity contribution in [2.24, 2.45) is 0 Å². The lowest BCUT2D eigenvalue weighted by molar-refractivity contribution is -0.161. The third-order valence-corrected chi connectivity index (χ3v) is 11.6. The van der Waals surface area contributed by atoms with Crippen molar-refractivity contribution in [2.75, 3.05) is 6.61 Å². The van der Waals surface area contributed by atoms with E-state index < -0.39 is 38.3 Å². The minimum absolute atomic E-state index is 0.122. The number of hydrogen-bond donors (Lipinski definition) is 0. The molecule has 0 fully saturated rings. The van der Waals surface area contributed by atoms with Gasteiger partial charge in [0.25, 0.3) is 0 Å². The van der Waals surface area contributed by atoms with Crippen molar-refractivity contribution in [3.63, 3.8) is 0 Å². The minimum Gasteiger partial charge on any atom is -0.460 e. The quantitative estimate of drug-likeness (QED) is 0.155. The van der Waals surface area contributed by atoms with Crippen LogP contribution in [-0.4, -0.2) is 26.2 Å². The summed E-state index contributed by atoms with van der Waals surface area (Å²) in [7, 11) is -9.13. The molecular weight excluding hydrogens is 566 g/mol. The van der Waals surface area contributed by atoms with Crippen LogP contribution in [0.4, 0.5) is 8.78 Å². The summed E-state index contributed by atoms with van der Waals surface area (Å²) in [6.07, 6.45) is 0.122. The van der Waals surface area contributed by atoms with Crippen LogP contribution in [0.25, 0.3) is 10.8 Å². The molecule has 0 unspecified atom stereocenters. The van der Waals surface area contributed by atoms with Gasteiger partial charge in [-0.2, -0.15) is 17.2 Å². The molecule has 0 aliphatic carbocycles. The van der Waals surface area contributed by atoms with E-state index in [9.17, 15) is 13.2 Å². The number of hydrogen-bond acceptors (Lipinski definition) is 5. The van der Waals surface area contributed by atoms with E-state index in [1.165, 1.54) is 0 Å². The summed E-state index contributed by atoms with van der Waals surface area (Å²) in [6, 6.07) is 37.9. The highest BCUT2D eigenvalue weighted by molar-refractivity contribution is 8.33. The average molecular weight is 593 g/mol. The fourth-order valence-electron chi connectivity index (χ4n) is 4.49. The lowest BCUT2D eigenvalue weighted by Crippen LogP contribution is -2.41. The Balaban J connectivity index is 1.47. The normalized spacial score (nSPS) is 12.6. The monoisotopic (exact) mass is 592 g/mol. The summed E-state index contributed by atoms with van der Waals surface area (Å²) < 4.78 is 68.2. The molecule has 0 heterocycles. The highest BCUT2D eigenvalue weighted by atomic mass is 32.3. The van der Waals surface area contributed by atoms with Crippen LogP contribution in [0.1, 0.15) is 5.56 Å². The van der Waals surface area contributed by atoms with Crippen LogP contribution in [0.15, 0.2) is 148 Å². The van der Waals surface area contributed by atoms with E-state index in [2.05, 4.69) is 0 Å². The molecule has 5 aromatic rings. The van der Waals surface area contributed by atoms with Gasteiger partial charge in [-0.25, -0.2) is 8.42 Å². The summed E-state index contributed by atoms with van der Waals surface area (Å²) >= 11 is 0. The highest BCUT2D eigenvalue weighted by Crippen LogP contribution is 2.70. The molecule has 0 amide bonds. The van der Waals surface area contributed by atoms with Gasteiger partial charge < -0.3 is 4.74 Å². The van der Waals surface area contributed by atoms with Crippen LogP contribution in [0, 0.1) is 0 Å². The molecule has 0 aliphatic heterocycles. The van der Waals surface area contributed by atoms with E-state index in [4.69, 9.17) is 8.37 Å². The molecule has 9 heteroatoms. The van der Waals surface area contributed by atoms with Gasteiger partial charge in [0, 0.05) is 21.1 Å². The minimum atomic E-state index is -5.86. The average Bonchev–Trinajstić information content (AvgIpc) is 3.01. The van der Waals surface area contributed by atoms with Crippen molar-refractivity contribution < 1.29 is 30.4 Å². The van der Waals surface area contributed by atoms with Gasteiger partial charge in [0.15, 0.2) is 0 Å². The number of esters is 1. The van der Waals surface area contributed by atoms with Crippen molar-refractivity contribution >= 4 is 37.2 Å². The Hall–Kier alpha value is -4.05. The second kappa shape index (κ2) is 11.8. The summed E-state index contributed by atoms with van der Waals surface area (Å²) in [6.45, 7) is -0.438. The standard InChI is InChI=1S/C32H26F2O5S2/c33-32(34,31(35)38-24-23-26-15-12-14-25-13-10-11-22-30(25)26)41(36,37)39-40(27-16-4-1-5-17-27,28-18-6-2-7-19-28)29-20-8-3-9-21-29/h1-22H,23-24H2. The van der Waals surface area contributed by atoms with Gasteiger partial charge in [-0.05, 0) is 63.0 Å². The van der Waals surface area contributed by atoms with Gasteiger partial charge in [0.2, 0.25) is 0 Å². The first kappa shape index (κ1) is 28.5. The molecule has 5 rings (SSSR count). The van der Waals surface area contributed by atoms with Gasteiger partial charge in [0.05, 0.1) is 6.61 Å². The predicted molar refractivity (Wildman–Crippen MR) is 155 cm³/mol. The molecule has 0 radical (unpaired) electrons. The third-order valence-electron chi connectivity index (χ3n) is 6.45. The molecule has 5 aromatic carbocycles. The first-order valence-electron chi connectivity index (χ1n) is 12.7. The van der Waals surface area contributed by atoms with Crippen molar-refractivity contribution in [3.05, 3.63) is 139 Å². The first-order valence-corrected chi connectivity index (χ1v) is 15.7. The van der Waals surface area contributed by atoms with Crippen molar-refractivity contribution in [1.29, 1.82) is 0 Å². The van der Waals surface area contributed by atoms with Crippen molar-refractivity contribution in [2.45, 2.75) is 26.4 Å². The molecule has 41 heavy (non-hydrogen) atoms. The van der Waals surface area contributed by atoms with Crippen molar-refractivity contribution in [1.82, 2.24) is 0 Å². The number of alkyl halides is 2. The maximum absolute atomic E-state index is 15.5. The molecule has 0 bridgehead atoms. The summed E-state index contributed by atoms with van der Waals surface area (Å²) in [5.74, 6) is -2.19. The SMILES string of the molecule is O=C(OCCc1cccc2ccccc12)C(F)(F)S(=O)(=O)OS(c1ccccc1)(c1ccccc1)c1ccccc1. The maximum atomic E-state index is 15.5. The van der Waals surface area contributed by atoms with Crippen LogP contribution in [-0.2, 0) is 29.7 Å². The van der Waals surface area contributed by atoms with E-state index in [1.807, 2.05) is 36.4 Å². The van der Waals surface area contributed by atoms with Crippen LogP contribution < -0.4 is 0 Å². The van der Waals surface area contributed by atoms with E-state index in [1.54, 1.807) is 97.1 Å². The van der Waals surface area contributed by atoms with Crippen molar-refractivity contribution in [3.8, 4) is 0 Å². The molecule has 0 spiro atoms. The Morgan fingerprint density at radius 3 is 1.63 bits per heavy atom. The highest BCUT2D eigenvalue weighted by Gasteiger charge is 2.58. The first-order chi connectivity index (χ1) is 19.8. The molecule has 0 atom stereocenters. The van der Waals surface area contributed by atoms with Crippen LogP contribution in [0.3, 0.4) is 0 Å². The number of carbonyl (C=O) groups excluding carboxylic acids is 1. The van der Waals surface area contributed by atoms with Gasteiger partial charge in [-0.1, -0.05) is 97.1 Å². The fourth-order valence-corrected chi connectivity index (χ4v) is 9.55. The van der Waals surface area contributed by atoms with Crippen LogP contribution in [0.5, 0.6) is 0 Å². The number of halogens is 2. The molecule has 5 nitrogen and oxygen atoms in total. The second-order valence-electron chi connectivity index (χ2n) is 9.06. The number of ether oxygens (including phenoxy) is 1. The fraction of sp³-hybridized carbons (Fsp3) is 0.0938. The molecule has 0 N–H and O–H groups in total. The molecule has 0 aromatic heterocycles. The number of carbonyl (C=O) groups is 1. The topological polar surface area (TPSA) is 69.7 Å². The van der Waals surface area contributed by atoms with E-state index >= 15 is 8.78 Å². The Labute approximate surface area is 239 Å². The Bertz CT molecular complexity index is 1650. The van der Waals surface area contributed by atoms with E-state index in [0.29, 0.717) is 14.7 Å². The Morgan fingerprint density at radius 2 is 1.10 bits per heavy atom. The Morgan fingerprint density at radius 1 is 0.634 bits per heavy atom. The van der Waals surface area contributed by atoms with Gasteiger partial charge in [0.1, 0.15) is 0 Å². The molecule has 0 saturated heterocycles. The van der Waals surface area contributed by atoms with Gasteiger partial charge >= 0.3 is 21.3 Å². The Kier molecular flexibility index (Phi) is 8.21. The molecule has 0 aliphatic rings. The smallest absolute Gasteiger partial charge is 0.460 e. The van der Waals surface area contributed by atoms with E-state index in [-0.39, 0.29) is 6.42 Å². The summed E-state index contributed by atoms with van der Waals surface area (Å²) in [5.41, 5.74) is 0.777. The largest absolute Gasteiger partial charge is 0.466 e. The molecule has 0 saturated carbocycles. The number of benzene rings is 5.